The maximum Gasteiger partial charge on any atom is 2.00 e. The molecule has 0 saturated carbocycles. The molecule has 0 spiro atoms. The summed E-state index contributed by atoms with van der Waals surface area (Å²) >= 11 is 0. The smallest absolute Gasteiger partial charge is 0.670 e. The summed E-state index contributed by atoms with van der Waals surface area (Å²) < 4.78 is 0. The zero-order valence-corrected chi connectivity index (χ0v) is 8.55. The summed E-state index contributed by atoms with van der Waals surface area (Å²) in [5.41, 5.74) is 8.05. The number of nitrogens with zero attached hydrogens (tertiary/aromatic N) is 2. The van der Waals surface area contributed by atoms with Gasteiger partial charge >= 0.3 is 21.1 Å². The Kier molecular flexibility index (Phi) is 3.99. The van der Waals surface area contributed by atoms with Crippen LogP contribution in [-0.2, 0) is 21.1 Å². The summed E-state index contributed by atoms with van der Waals surface area (Å²) in [6.07, 6.45) is 1.41. The second kappa shape index (κ2) is 3.99. The van der Waals surface area contributed by atoms with Crippen molar-refractivity contribution in [2.24, 2.45) is 9.98 Å². The van der Waals surface area contributed by atoms with Gasteiger partial charge in [-0.2, -0.15) is 0 Å². The normalized spacial score (nSPS) is 30.9. The molecule has 1 aliphatic rings. The molecule has 0 aromatic rings. The third-order valence-corrected chi connectivity index (χ3v) is 1.29. The Morgan fingerprint density at radius 3 is 2.70 bits per heavy atom. The first kappa shape index (κ1) is 9.99. The molecule has 0 amide bonds. The first-order chi connectivity index (χ1) is 4.22. The molecule has 1 heterocycles. The first-order valence-electron chi connectivity index (χ1n) is 2.74. The van der Waals surface area contributed by atoms with Crippen LogP contribution in [0.4, 0.5) is 0 Å². The van der Waals surface area contributed by atoms with Gasteiger partial charge in [-0.15, -0.1) is 12.1 Å². The Balaban J connectivity index is 0.000000810. The second-order valence-electron chi connectivity index (χ2n) is 2.00. The van der Waals surface area contributed by atoms with E-state index in [2.05, 4.69) is 9.98 Å². The maximum absolute atomic E-state index is 7.31. The minimum absolute atomic E-state index is 0. The number of aliphatic imine (C=N–C) groups is 2. The quantitative estimate of drug-likeness (QED) is 0.599. The van der Waals surface area contributed by atoms with Crippen molar-refractivity contribution in [3.8, 4) is 0 Å². The molecule has 10 heavy (non-hydrogen) atoms. The number of hydrogen-bond acceptors (Lipinski definition) is 2. The molecule has 1 N–H and O–H groups in total. The summed E-state index contributed by atoms with van der Waals surface area (Å²) in [4.78, 5) is 7.56. The van der Waals surface area contributed by atoms with Gasteiger partial charge in [-0.3, -0.25) is 0 Å². The molecule has 0 aromatic carbocycles. The summed E-state index contributed by atoms with van der Waals surface area (Å²) in [6, 6.07) is -0.863. The topological polar surface area (TPSA) is 48.5 Å². The van der Waals surface area contributed by atoms with Crippen molar-refractivity contribution in [1.82, 2.24) is 0 Å². The van der Waals surface area contributed by atoms with Gasteiger partial charge in [0.25, 0.3) is 0 Å². The second-order valence-corrected chi connectivity index (χ2v) is 2.00. The van der Waals surface area contributed by atoms with Crippen LogP contribution in [0.15, 0.2) is 9.98 Å². The van der Waals surface area contributed by atoms with Crippen molar-refractivity contribution in [2.75, 3.05) is 0 Å². The Labute approximate surface area is 75.1 Å². The first-order valence-corrected chi connectivity index (χ1v) is 2.74. The molecule has 0 fully saturated rings. The molecule has 1 rings (SSSR count). The fourth-order valence-corrected chi connectivity index (χ4v) is 0.615. The van der Waals surface area contributed by atoms with Gasteiger partial charge in [0.05, 0.1) is 0 Å². The SMILES string of the molecule is [CH-]C1N=CN=C(C)C1[NH-].[W+2]. The van der Waals surface area contributed by atoms with E-state index < -0.39 is 12.1 Å². The predicted octanol–water partition coefficient (Wildman–Crippen LogP) is 0.987. The Bertz CT molecular complexity index is 164. The van der Waals surface area contributed by atoms with E-state index in [1.165, 1.54) is 6.34 Å². The van der Waals surface area contributed by atoms with Crippen LogP contribution in [-0.4, -0.2) is 24.1 Å². The molecule has 4 heteroatoms. The van der Waals surface area contributed by atoms with Gasteiger partial charge in [0, 0.05) is 0 Å². The molecule has 2 unspecified atom stereocenters. The predicted molar refractivity (Wildman–Crippen MR) is 37.8 cm³/mol. The zero-order chi connectivity index (χ0) is 6.85. The van der Waals surface area contributed by atoms with Crippen LogP contribution in [0.1, 0.15) is 6.92 Å². The van der Waals surface area contributed by atoms with Crippen molar-refractivity contribution in [2.45, 2.75) is 19.0 Å². The van der Waals surface area contributed by atoms with Crippen LogP contribution >= 0.6 is 0 Å². The standard InChI is InChI=1S/C6H8N3.W/c1-4-6(7)5(2)9-3-8-4;/h1,3-4,6-7H,2H3;/q-2;+2. The van der Waals surface area contributed by atoms with Crippen LogP contribution in [0.5, 0.6) is 0 Å². The molecule has 0 saturated heterocycles. The Morgan fingerprint density at radius 1 is 1.70 bits per heavy atom. The Hall–Kier alpha value is -0.0117. The van der Waals surface area contributed by atoms with E-state index in [0.29, 0.717) is 0 Å². The third-order valence-electron chi connectivity index (χ3n) is 1.29. The minimum atomic E-state index is -0.449. The number of nitrogens with one attached hydrogen (secondary N) is 1. The van der Waals surface area contributed by atoms with E-state index in [1.807, 2.05) is 0 Å². The van der Waals surface area contributed by atoms with E-state index >= 15 is 0 Å². The van der Waals surface area contributed by atoms with E-state index in [9.17, 15) is 0 Å². The molecule has 1 radical (unpaired) electrons. The largest absolute Gasteiger partial charge is 2.00 e. The molecule has 3 nitrogen and oxygen atoms in total. The average molecular weight is 306 g/mol. The van der Waals surface area contributed by atoms with Gasteiger partial charge in [-0.25, -0.2) is 4.99 Å². The van der Waals surface area contributed by atoms with Crippen molar-refractivity contribution >= 4 is 12.1 Å². The summed E-state index contributed by atoms with van der Waals surface area (Å²) in [5, 5.41) is 0. The molecule has 0 bridgehead atoms. The van der Waals surface area contributed by atoms with Crippen LogP contribution < -0.4 is 0 Å². The van der Waals surface area contributed by atoms with E-state index in [1.54, 1.807) is 6.92 Å². The van der Waals surface area contributed by atoms with E-state index in [0.717, 1.165) is 5.71 Å². The molecular weight excluding hydrogens is 298 g/mol. The van der Waals surface area contributed by atoms with Crippen molar-refractivity contribution in [1.29, 1.82) is 0 Å². The van der Waals surface area contributed by atoms with Gasteiger partial charge in [0.15, 0.2) is 0 Å². The third kappa shape index (κ3) is 1.99. The summed E-state index contributed by atoms with van der Waals surface area (Å²) in [7, 11) is 0. The van der Waals surface area contributed by atoms with Gasteiger partial charge in [0.1, 0.15) is 6.34 Å². The number of rotatable bonds is 0. The van der Waals surface area contributed by atoms with Crippen LogP contribution in [0.25, 0.3) is 5.73 Å². The van der Waals surface area contributed by atoms with E-state index in [4.69, 9.17) is 12.7 Å². The molecular formula is C6H8N3W. The maximum atomic E-state index is 7.31. The van der Waals surface area contributed by atoms with Crippen LogP contribution in [0.2, 0.25) is 0 Å². The van der Waals surface area contributed by atoms with Crippen LogP contribution in [0, 0.1) is 6.92 Å². The molecule has 0 aliphatic carbocycles. The zero-order valence-electron chi connectivity index (χ0n) is 5.61. The Morgan fingerprint density at radius 2 is 2.30 bits per heavy atom. The van der Waals surface area contributed by atoms with E-state index in [-0.39, 0.29) is 21.1 Å². The minimum Gasteiger partial charge on any atom is -0.670 e. The van der Waals surface area contributed by atoms with Crippen molar-refractivity contribution in [3.63, 3.8) is 0 Å². The fraction of sp³-hybridized carbons (Fsp3) is 0.500. The fourth-order valence-electron chi connectivity index (χ4n) is 0.615. The molecule has 53 valence electrons. The van der Waals surface area contributed by atoms with Gasteiger partial charge in [-0.1, -0.05) is 0 Å². The molecule has 0 aromatic heterocycles. The monoisotopic (exact) mass is 306 g/mol. The summed E-state index contributed by atoms with van der Waals surface area (Å²) in [6.45, 7) is 7.18. The number of hydrogen-bond donors (Lipinski definition) is 0. The van der Waals surface area contributed by atoms with Gasteiger partial charge in [-0.05, 0) is 12.6 Å². The van der Waals surface area contributed by atoms with Crippen molar-refractivity contribution < 1.29 is 21.1 Å². The van der Waals surface area contributed by atoms with Gasteiger partial charge in [0.2, 0.25) is 0 Å². The molecule has 1 aliphatic heterocycles. The van der Waals surface area contributed by atoms with Crippen molar-refractivity contribution in [3.05, 3.63) is 12.7 Å². The van der Waals surface area contributed by atoms with Crippen LogP contribution in [0.3, 0.4) is 0 Å². The molecule has 2 atom stereocenters. The summed E-state index contributed by atoms with van der Waals surface area (Å²) in [5.74, 6) is 0. The average Bonchev–Trinajstić information content (AvgIpc) is 1.83. The van der Waals surface area contributed by atoms with Gasteiger partial charge < -0.3 is 17.6 Å².